The smallest absolute Gasteiger partial charge is 0.264 e. The molecule has 0 aromatic rings. The number of hydrogen-bond donors (Lipinski definition) is 0. The van der Waals surface area contributed by atoms with Crippen molar-refractivity contribution in [2.75, 3.05) is 19.5 Å². The van der Waals surface area contributed by atoms with Gasteiger partial charge in [-0.15, -0.1) is 0 Å². The van der Waals surface area contributed by atoms with Gasteiger partial charge in [0, 0.05) is 0 Å². The summed E-state index contributed by atoms with van der Waals surface area (Å²) in [5.74, 6) is 0. The van der Waals surface area contributed by atoms with Gasteiger partial charge in [0.15, 0.2) is 8.32 Å². The van der Waals surface area contributed by atoms with Crippen LogP contribution in [0.3, 0.4) is 0 Å². The summed E-state index contributed by atoms with van der Waals surface area (Å²) in [6.45, 7) is 11.5. The molecule has 4 nitrogen and oxygen atoms in total. The number of hydrogen-bond acceptors (Lipinski definition) is 4. The van der Waals surface area contributed by atoms with E-state index in [2.05, 4.69) is 38.0 Å². The predicted octanol–water partition coefficient (Wildman–Crippen LogP) is 2.54. The topological polar surface area (TPSA) is 52.6 Å². The van der Waals surface area contributed by atoms with E-state index in [1.807, 2.05) is 0 Å². The molecule has 102 valence electrons. The van der Waals surface area contributed by atoms with Crippen LogP contribution in [0.15, 0.2) is 12.2 Å². The zero-order valence-corrected chi connectivity index (χ0v) is 13.4. The Morgan fingerprint density at radius 3 is 2.00 bits per heavy atom. The summed E-state index contributed by atoms with van der Waals surface area (Å²) in [6.07, 6.45) is 4.49. The second kappa shape index (κ2) is 6.13. The molecule has 0 aromatic heterocycles. The average Bonchev–Trinajstić information content (AvgIpc) is 2.07. The van der Waals surface area contributed by atoms with Crippen molar-refractivity contribution in [1.29, 1.82) is 0 Å². The van der Waals surface area contributed by atoms with E-state index in [9.17, 15) is 8.42 Å². The molecule has 0 spiro atoms. The highest BCUT2D eigenvalue weighted by Gasteiger charge is 2.36. The Labute approximate surface area is 106 Å². The van der Waals surface area contributed by atoms with Crippen LogP contribution >= 0.6 is 0 Å². The molecule has 0 amide bonds. The Kier molecular flexibility index (Phi) is 6.07. The summed E-state index contributed by atoms with van der Waals surface area (Å²) in [6, 6.07) is 0. The zero-order valence-electron chi connectivity index (χ0n) is 11.6. The third-order valence-corrected chi connectivity index (χ3v) is 7.96. The third-order valence-electron chi connectivity index (χ3n) is 2.89. The van der Waals surface area contributed by atoms with Crippen molar-refractivity contribution in [3.63, 3.8) is 0 Å². The zero-order chi connectivity index (χ0) is 13.7. The fraction of sp³-hybridized carbons (Fsp3) is 0.818. The van der Waals surface area contributed by atoms with Crippen molar-refractivity contribution in [3.05, 3.63) is 12.2 Å². The highest BCUT2D eigenvalue weighted by molar-refractivity contribution is 7.85. The normalized spacial score (nSPS) is 14.5. The molecule has 0 aliphatic carbocycles. The van der Waals surface area contributed by atoms with Crippen molar-refractivity contribution in [2.24, 2.45) is 0 Å². The molecule has 0 saturated carbocycles. The lowest BCUT2D eigenvalue weighted by Gasteiger charge is -2.35. The summed E-state index contributed by atoms with van der Waals surface area (Å²) < 4.78 is 31.8. The van der Waals surface area contributed by atoms with Gasteiger partial charge in [-0.2, -0.15) is 8.42 Å². The lowest BCUT2D eigenvalue weighted by atomic mass is 10.2. The summed E-state index contributed by atoms with van der Waals surface area (Å²) in [5.41, 5.74) is 0. The molecule has 0 atom stereocenters. The standard InChI is InChI=1S/C11H24O4SSi/c1-11(2,3)17(5,6)15-10-8-7-9-14-16(4,12)13/h7-8H,9-10H2,1-6H3/b8-7-. The van der Waals surface area contributed by atoms with Gasteiger partial charge >= 0.3 is 0 Å². The largest absolute Gasteiger partial charge is 0.413 e. The third kappa shape index (κ3) is 7.70. The van der Waals surface area contributed by atoms with Crippen LogP contribution in [-0.2, 0) is 18.7 Å². The molecule has 0 unspecified atom stereocenters. The van der Waals surface area contributed by atoms with Crippen molar-refractivity contribution < 1.29 is 17.0 Å². The minimum atomic E-state index is -3.35. The molecule has 0 N–H and O–H groups in total. The van der Waals surface area contributed by atoms with Crippen LogP contribution in [0, 0.1) is 0 Å². The molecule has 0 aliphatic rings. The molecule has 0 aliphatic heterocycles. The van der Waals surface area contributed by atoms with Gasteiger partial charge < -0.3 is 4.43 Å². The molecule has 0 fully saturated rings. The minimum Gasteiger partial charge on any atom is -0.413 e. The van der Waals surface area contributed by atoms with Crippen LogP contribution in [0.2, 0.25) is 18.1 Å². The van der Waals surface area contributed by atoms with Gasteiger partial charge in [-0.05, 0) is 18.1 Å². The van der Waals surface area contributed by atoms with Gasteiger partial charge in [-0.3, -0.25) is 4.18 Å². The lowest BCUT2D eigenvalue weighted by molar-refractivity contribution is 0.324. The Hall–Kier alpha value is -0.173. The van der Waals surface area contributed by atoms with Crippen LogP contribution < -0.4 is 0 Å². The van der Waals surface area contributed by atoms with Crippen molar-refractivity contribution in [3.8, 4) is 0 Å². The van der Waals surface area contributed by atoms with Crippen LogP contribution in [0.1, 0.15) is 20.8 Å². The SMILES string of the molecule is CC(C)(C)[Si](C)(C)OC/C=C\COS(C)(=O)=O. The van der Waals surface area contributed by atoms with E-state index in [0.717, 1.165) is 6.26 Å². The van der Waals surface area contributed by atoms with Crippen LogP contribution in [0.25, 0.3) is 0 Å². The van der Waals surface area contributed by atoms with Gasteiger partial charge in [0.05, 0.1) is 19.5 Å². The van der Waals surface area contributed by atoms with E-state index in [0.29, 0.717) is 6.61 Å². The van der Waals surface area contributed by atoms with Gasteiger partial charge in [-0.25, -0.2) is 0 Å². The van der Waals surface area contributed by atoms with E-state index in [1.165, 1.54) is 0 Å². The average molecular weight is 280 g/mol. The van der Waals surface area contributed by atoms with E-state index in [-0.39, 0.29) is 11.6 Å². The Bertz CT molecular complexity index is 352. The van der Waals surface area contributed by atoms with Gasteiger partial charge in [-0.1, -0.05) is 32.9 Å². The molecule has 0 heterocycles. The molecule has 0 rings (SSSR count). The van der Waals surface area contributed by atoms with Crippen molar-refractivity contribution in [1.82, 2.24) is 0 Å². The summed E-state index contributed by atoms with van der Waals surface area (Å²) >= 11 is 0. The molecule has 0 aromatic carbocycles. The molecule has 6 heteroatoms. The molecule has 0 radical (unpaired) electrons. The summed E-state index contributed by atoms with van der Waals surface area (Å²) in [5, 5.41) is 0.185. The van der Waals surface area contributed by atoms with Crippen LogP contribution in [0.4, 0.5) is 0 Å². The van der Waals surface area contributed by atoms with Crippen molar-refractivity contribution >= 4 is 18.4 Å². The fourth-order valence-corrected chi connectivity index (χ4v) is 2.04. The van der Waals surface area contributed by atoms with Crippen LogP contribution in [0.5, 0.6) is 0 Å². The van der Waals surface area contributed by atoms with Gasteiger partial charge in [0.2, 0.25) is 0 Å². The van der Waals surface area contributed by atoms with E-state index in [4.69, 9.17) is 4.43 Å². The lowest BCUT2D eigenvalue weighted by Crippen LogP contribution is -2.40. The Morgan fingerprint density at radius 2 is 1.59 bits per heavy atom. The maximum absolute atomic E-state index is 10.7. The first-order valence-corrected chi connectivity index (χ1v) is 10.3. The van der Waals surface area contributed by atoms with Gasteiger partial charge in [0.25, 0.3) is 10.1 Å². The first kappa shape index (κ1) is 16.8. The molecule has 0 bridgehead atoms. The highest BCUT2D eigenvalue weighted by atomic mass is 32.2. The van der Waals surface area contributed by atoms with E-state index >= 15 is 0 Å². The molecule has 0 saturated heterocycles. The summed E-state index contributed by atoms with van der Waals surface area (Å²) in [4.78, 5) is 0. The maximum Gasteiger partial charge on any atom is 0.264 e. The Morgan fingerprint density at radius 1 is 1.12 bits per heavy atom. The van der Waals surface area contributed by atoms with Crippen LogP contribution in [-0.4, -0.2) is 36.2 Å². The molecular weight excluding hydrogens is 256 g/mol. The number of rotatable bonds is 6. The Balaban J connectivity index is 3.97. The summed E-state index contributed by atoms with van der Waals surface area (Å²) in [7, 11) is -5.06. The first-order chi connectivity index (χ1) is 7.46. The maximum atomic E-state index is 10.7. The first-order valence-electron chi connectivity index (χ1n) is 5.59. The molecule has 17 heavy (non-hydrogen) atoms. The highest BCUT2D eigenvalue weighted by Crippen LogP contribution is 2.36. The van der Waals surface area contributed by atoms with Gasteiger partial charge in [0.1, 0.15) is 0 Å². The minimum absolute atomic E-state index is 0.0691. The monoisotopic (exact) mass is 280 g/mol. The second-order valence-corrected chi connectivity index (χ2v) is 12.0. The quantitative estimate of drug-likeness (QED) is 0.426. The van der Waals surface area contributed by atoms with E-state index < -0.39 is 18.4 Å². The predicted molar refractivity (Wildman–Crippen MR) is 73.1 cm³/mol. The van der Waals surface area contributed by atoms with Crippen molar-refractivity contribution in [2.45, 2.75) is 38.9 Å². The van der Waals surface area contributed by atoms with E-state index in [1.54, 1.807) is 12.2 Å². The second-order valence-electron chi connectivity index (χ2n) is 5.53. The molecular formula is C11H24O4SSi. The fourth-order valence-electron chi connectivity index (χ4n) is 0.772.